The van der Waals surface area contributed by atoms with E-state index in [1.54, 1.807) is 23.4 Å². The fourth-order valence-electron chi connectivity index (χ4n) is 3.82. The maximum Gasteiger partial charge on any atom is 0.255 e. The highest BCUT2D eigenvalue weighted by Gasteiger charge is 2.29. The molecule has 0 N–H and O–H groups in total. The van der Waals surface area contributed by atoms with Crippen LogP contribution in [0.2, 0.25) is 5.02 Å². The van der Waals surface area contributed by atoms with Gasteiger partial charge in [0.05, 0.1) is 15.5 Å². The maximum atomic E-state index is 13.1. The minimum absolute atomic E-state index is 0.119. The number of halogens is 1. The van der Waals surface area contributed by atoms with Gasteiger partial charge in [-0.2, -0.15) is 4.31 Å². The van der Waals surface area contributed by atoms with E-state index < -0.39 is 10.0 Å². The van der Waals surface area contributed by atoms with E-state index in [1.807, 2.05) is 4.90 Å². The standard InChI is InChI=1S/C20H24ClN5O3S/c21-18-6-5-16(30(28,29)26-9-2-1-3-10-26)15-17(18)19(27)24-11-13-25(14-12-24)20-22-7-4-8-23-20/h4-8,15H,1-3,9-14H2. The first-order valence-electron chi connectivity index (χ1n) is 10.1. The number of rotatable bonds is 4. The van der Waals surface area contributed by atoms with Crippen LogP contribution in [-0.2, 0) is 10.0 Å². The number of amides is 1. The van der Waals surface area contributed by atoms with Crippen molar-refractivity contribution in [3.05, 3.63) is 47.2 Å². The quantitative estimate of drug-likeness (QED) is 0.711. The minimum atomic E-state index is -3.63. The zero-order valence-corrected chi connectivity index (χ0v) is 18.1. The van der Waals surface area contributed by atoms with Gasteiger partial charge in [-0.3, -0.25) is 4.79 Å². The summed E-state index contributed by atoms with van der Waals surface area (Å²) in [5.74, 6) is 0.376. The zero-order valence-electron chi connectivity index (χ0n) is 16.6. The first-order valence-corrected chi connectivity index (χ1v) is 11.9. The second kappa shape index (κ2) is 8.87. The molecular formula is C20H24ClN5O3S. The third kappa shape index (κ3) is 4.28. The van der Waals surface area contributed by atoms with E-state index in [1.165, 1.54) is 22.5 Å². The summed E-state index contributed by atoms with van der Waals surface area (Å²) >= 11 is 6.28. The van der Waals surface area contributed by atoms with Gasteiger partial charge in [0.1, 0.15) is 0 Å². The summed E-state index contributed by atoms with van der Waals surface area (Å²) < 4.78 is 27.5. The van der Waals surface area contributed by atoms with Crippen LogP contribution in [0.15, 0.2) is 41.6 Å². The van der Waals surface area contributed by atoms with Gasteiger partial charge >= 0.3 is 0 Å². The van der Waals surface area contributed by atoms with Gasteiger partial charge in [0, 0.05) is 51.7 Å². The summed E-state index contributed by atoms with van der Waals surface area (Å²) in [5, 5.41) is 0.256. The third-order valence-electron chi connectivity index (χ3n) is 5.52. The monoisotopic (exact) mass is 449 g/mol. The summed E-state index contributed by atoms with van der Waals surface area (Å²) in [7, 11) is -3.63. The van der Waals surface area contributed by atoms with Gasteiger partial charge in [0.2, 0.25) is 16.0 Å². The molecule has 2 saturated heterocycles. The lowest BCUT2D eigenvalue weighted by molar-refractivity contribution is 0.0746. The number of piperazine rings is 1. The van der Waals surface area contributed by atoms with E-state index in [2.05, 4.69) is 9.97 Å². The number of aromatic nitrogens is 2. The first-order chi connectivity index (χ1) is 14.5. The number of hydrogen-bond donors (Lipinski definition) is 0. The summed E-state index contributed by atoms with van der Waals surface area (Å²) in [5.41, 5.74) is 0.221. The molecule has 0 spiro atoms. The van der Waals surface area contributed by atoms with Crippen LogP contribution in [0, 0.1) is 0 Å². The molecule has 2 aliphatic heterocycles. The van der Waals surface area contributed by atoms with Crippen molar-refractivity contribution < 1.29 is 13.2 Å². The normalized spacial score (nSPS) is 18.4. The lowest BCUT2D eigenvalue weighted by Gasteiger charge is -2.35. The van der Waals surface area contributed by atoms with Gasteiger partial charge < -0.3 is 9.80 Å². The van der Waals surface area contributed by atoms with Gasteiger partial charge in [-0.25, -0.2) is 18.4 Å². The van der Waals surface area contributed by atoms with E-state index in [0.717, 1.165) is 19.3 Å². The minimum Gasteiger partial charge on any atom is -0.337 e. The number of hydrogen-bond acceptors (Lipinski definition) is 6. The number of anilines is 1. The van der Waals surface area contributed by atoms with Crippen LogP contribution in [0.5, 0.6) is 0 Å². The lowest BCUT2D eigenvalue weighted by atomic mass is 10.2. The summed E-state index contributed by atoms with van der Waals surface area (Å²) in [6, 6.07) is 6.16. The molecule has 3 heterocycles. The van der Waals surface area contributed by atoms with E-state index in [9.17, 15) is 13.2 Å². The van der Waals surface area contributed by atoms with Crippen LogP contribution in [0.3, 0.4) is 0 Å². The Hall–Kier alpha value is -2.23. The van der Waals surface area contributed by atoms with Crippen LogP contribution in [0.1, 0.15) is 29.6 Å². The predicted molar refractivity (Wildman–Crippen MR) is 114 cm³/mol. The van der Waals surface area contributed by atoms with Gasteiger partial charge in [-0.15, -0.1) is 0 Å². The van der Waals surface area contributed by atoms with Crippen molar-refractivity contribution in [2.45, 2.75) is 24.2 Å². The molecule has 4 rings (SSSR count). The van der Waals surface area contributed by atoms with E-state index in [-0.39, 0.29) is 21.4 Å². The highest BCUT2D eigenvalue weighted by Crippen LogP contribution is 2.26. The number of carbonyl (C=O) groups excluding carboxylic acids is 1. The fraction of sp³-hybridized carbons (Fsp3) is 0.450. The van der Waals surface area contributed by atoms with Crippen molar-refractivity contribution >= 4 is 33.5 Å². The smallest absolute Gasteiger partial charge is 0.255 e. The molecule has 0 atom stereocenters. The molecule has 1 aromatic heterocycles. The van der Waals surface area contributed by atoms with Gasteiger partial charge in [-0.1, -0.05) is 18.0 Å². The predicted octanol–water partition coefficient (Wildman–Crippen LogP) is 2.27. The summed E-state index contributed by atoms with van der Waals surface area (Å²) in [6.45, 7) is 3.18. The SMILES string of the molecule is O=C(c1cc(S(=O)(=O)N2CCCCC2)ccc1Cl)N1CCN(c2ncccn2)CC1. The van der Waals surface area contributed by atoms with Crippen LogP contribution in [0.4, 0.5) is 5.95 Å². The summed E-state index contributed by atoms with van der Waals surface area (Å²) in [4.78, 5) is 25.4. The van der Waals surface area contributed by atoms with Gasteiger partial charge in [-0.05, 0) is 37.1 Å². The van der Waals surface area contributed by atoms with Crippen molar-refractivity contribution in [3.8, 4) is 0 Å². The van der Waals surface area contributed by atoms with Gasteiger partial charge in [0.15, 0.2) is 0 Å². The first kappa shape index (κ1) is 21.0. The molecule has 160 valence electrons. The number of carbonyl (C=O) groups is 1. The Morgan fingerprint density at radius 1 is 0.933 bits per heavy atom. The maximum absolute atomic E-state index is 13.1. The van der Waals surface area contributed by atoms with E-state index >= 15 is 0 Å². The van der Waals surface area contributed by atoms with Gasteiger partial charge in [0.25, 0.3) is 5.91 Å². The molecule has 30 heavy (non-hydrogen) atoms. The summed E-state index contributed by atoms with van der Waals surface area (Å²) in [6.07, 6.45) is 6.13. The van der Waals surface area contributed by atoms with Crippen molar-refractivity contribution in [1.82, 2.24) is 19.2 Å². The van der Waals surface area contributed by atoms with Crippen LogP contribution in [-0.4, -0.2) is 72.8 Å². The van der Waals surface area contributed by atoms with Crippen LogP contribution >= 0.6 is 11.6 Å². The topological polar surface area (TPSA) is 86.7 Å². The van der Waals surface area contributed by atoms with Crippen molar-refractivity contribution in [2.24, 2.45) is 0 Å². The van der Waals surface area contributed by atoms with Crippen LogP contribution < -0.4 is 4.90 Å². The third-order valence-corrected chi connectivity index (χ3v) is 7.75. The Balaban J connectivity index is 1.50. The van der Waals surface area contributed by atoms with Crippen molar-refractivity contribution in [3.63, 3.8) is 0 Å². The number of benzene rings is 1. The molecule has 0 saturated carbocycles. The molecule has 0 aliphatic carbocycles. The highest BCUT2D eigenvalue weighted by atomic mass is 35.5. The molecule has 2 aliphatic rings. The lowest BCUT2D eigenvalue weighted by Crippen LogP contribution is -2.49. The average molecular weight is 450 g/mol. The Kier molecular flexibility index (Phi) is 6.21. The highest BCUT2D eigenvalue weighted by molar-refractivity contribution is 7.89. The molecule has 10 heteroatoms. The Morgan fingerprint density at radius 2 is 1.60 bits per heavy atom. The number of piperidine rings is 1. The largest absolute Gasteiger partial charge is 0.337 e. The molecule has 1 aromatic carbocycles. The van der Waals surface area contributed by atoms with Crippen LogP contribution in [0.25, 0.3) is 0 Å². The molecule has 2 fully saturated rings. The average Bonchev–Trinajstić information content (AvgIpc) is 2.80. The van der Waals surface area contributed by atoms with E-state index in [0.29, 0.717) is 45.2 Å². The molecule has 0 radical (unpaired) electrons. The zero-order chi connectivity index (χ0) is 21.1. The van der Waals surface area contributed by atoms with Crippen molar-refractivity contribution in [2.75, 3.05) is 44.2 Å². The molecule has 0 unspecified atom stereocenters. The molecule has 8 nitrogen and oxygen atoms in total. The fourth-order valence-corrected chi connectivity index (χ4v) is 5.56. The molecule has 2 aromatic rings. The number of sulfonamides is 1. The Morgan fingerprint density at radius 3 is 2.27 bits per heavy atom. The Labute approximate surface area is 181 Å². The second-order valence-electron chi connectivity index (χ2n) is 7.43. The van der Waals surface area contributed by atoms with E-state index in [4.69, 9.17) is 11.6 Å². The number of nitrogens with zero attached hydrogens (tertiary/aromatic N) is 5. The van der Waals surface area contributed by atoms with Crippen molar-refractivity contribution in [1.29, 1.82) is 0 Å². The molecule has 0 bridgehead atoms. The molecule has 1 amide bonds. The second-order valence-corrected chi connectivity index (χ2v) is 9.78. The molecular weight excluding hydrogens is 426 g/mol. The Bertz CT molecular complexity index is 1000.